The van der Waals surface area contributed by atoms with Crippen LogP contribution in [0, 0.1) is 6.92 Å². The van der Waals surface area contributed by atoms with Crippen LogP contribution in [0.25, 0.3) is 5.69 Å². The highest BCUT2D eigenvalue weighted by molar-refractivity contribution is 7.90. The van der Waals surface area contributed by atoms with Gasteiger partial charge in [-0.05, 0) is 86.6 Å². The molecule has 0 spiro atoms. The fraction of sp³-hybridized carbons (Fsp3) is 0.455. The summed E-state index contributed by atoms with van der Waals surface area (Å²) < 4.78 is 38.0. The van der Waals surface area contributed by atoms with E-state index >= 15 is 0 Å². The van der Waals surface area contributed by atoms with Crippen LogP contribution in [0.4, 0.5) is 11.4 Å². The molecule has 0 aliphatic carbocycles. The first-order valence-corrected chi connectivity index (χ1v) is 22.7. The molecular weight excluding hydrogens is 790 g/mol. The van der Waals surface area contributed by atoms with E-state index in [-0.39, 0.29) is 38.6 Å². The quantitative estimate of drug-likeness (QED) is 0.153. The van der Waals surface area contributed by atoms with Crippen LogP contribution >= 0.6 is 11.6 Å². The third-order valence-electron chi connectivity index (χ3n) is 11.6. The first-order chi connectivity index (χ1) is 28.4. The van der Waals surface area contributed by atoms with Crippen LogP contribution < -0.4 is 14.5 Å². The van der Waals surface area contributed by atoms with E-state index in [9.17, 15) is 22.8 Å². The van der Waals surface area contributed by atoms with Crippen molar-refractivity contribution in [2.45, 2.75) is 77.7 Å². The molecule has 1 fully saturated rings. The lowest BCUT2D eigenvalue weighted by Crippen LogP contribution is -2.39. The van der Waals surface area contributed by atoms with Crippen LogP contribution in [0.15, 0.2) is 59.5 Å². The van der Waals surface area contributed by atoms with Gasteiger partial charge in [0.2, 0.25) is 0 Å². The van der Waals surface area contributed by atoms with Crippen LogP contribution in [0.5, 0.6) is 0 Å². The van der Waals surface area contributed by atoms with Crippen LogP contribution in [0.1, 0.15) is 100 Å². The Morgan fingerprint density at radius 3 is 2.24 bits per heavy atom. The van der Waals surface area contributed by atoms with E-state index in [0.717, 1.165) is 61.0 Å². The van der Waals surface area contributed by atoms with Crippen molar-refractivity contribution >= 4 is 50.7 Å². The number of fused-ring (bicyclic) bond motifs is 2. The van der Waals surface area contributed by atoms with E-state index in [4.69, 9.17) is 21.4 Å². The van der Waals surface area contributed by atoms with Crippen LogP contribution in [0.3, 0.4) is 0 Å². The Balaban J connectivity index is 1.26. The number of amides is 3. The number of hydrogen-bond acceptors (Lipinski definition) is 9. The Morgan fingerprint density at radius 1 is 0.847 bits per heavy atom. The Kier molecular flexibility index (Phi) is 13.0. The third-order valence-corrected chi connectivity index (χ3v) is 13.4. The third kappa shape index (κ3) is 8.71. The predicted octanol–water partition coefficient (Wildman–Crippen LogP) is 6.41. The van der Waals surface area contributed by atoms with Gasteiger partial charge in [-0.15, -0.1) is 0 Å². The molecule has 3 amide bonds. The minimum absolute atomic E-state index is 0.0117. The zero-order chi connectivity index (χ0) is 41.8. The molecule has 3 aliphatic heterocycles. The normalized spacial score (nSPS) is 15.2. The van der Waals surface area contributed by atoms with Crippen LogP contribution in [-0.4, -0.2) is 105 Å². The number of halogens is 1. The van der Waals surface area contributed by atoms with Crippen LogP contribution in [-0.2, 0) is 34.1 Å². The fourth-order valence-electron chi connectivity index (χ4n) is 8.19. The van der Waals surface area contributed by atoms with Crippen molar-refractivity contribution in [2.75, 3.05) is 68.8 Å². The Labute approximate surface area is 352 Å². The summed E-state index contributed by atoms with van der Waals surface area (Å²) in [5, 5.41) is 4.90. The molecule has 314 valence electrons. The standard InChI is InChI=1S/C44H54ClN7O6S/c1-5-8-18-50(19-9-6-2)44(55)41-40(45)30(4)52(46-41)36-15-14-33(26-35(36)43(54)51-21-16-31-12-10-11-13-34(31)29-51)42(53)47-59(56,57)39-28-37-32(17-20-48(37)7-3)27-38(39)49-22-24-58-25-23-49/h10-15,26-28H,5-9,16-25,29H2,1-4H3,(H,47,53). The number of nitrogens with one attached hydrogen (secondary N) is 1. The van der Waals surface area contributed by atoms with Crippen molar-refractivity contribution in [1.82, 2.24) is 24.3 Å². The number of hydrogen-bond donors (Lipinski definition) is 1. The number of carbonyl (C=O) groups excluding carboxylic acids is 3. The second kappa shape index (κ2) is 18.1. The maximum Gasteiger partial charge on any atom is 0.275 e. The molecule has 13 nitrogen and oxygen atoms in total. The number of morpholine rings is 1. The molecule has 0 atom stereocenters. The molecule has 0 bridgehead atoms. The minimum Gasteiger partial charge on any atom is -0.378 e. The zero-order valence-electron chi connectivity index (χ0n) is 34.4. The molecule has 0 saturated carbocycles. The van der Waals surface area contributed by atoms with Gasteiger partial charge in [-0.3, -0.25) is 14.4 Å². The number of rotatable bonds is 14. The maximum absolute atomic E-state index is 14.7. The summed E-state index contributed by atoms with van der Waals surface area (Å²) in [5.41, 5.74) is 5.55. The number of ether oxygens (including phenoxy) is 1. The lowest BCUT2D eigenvalue weighted by molar-refractivity contribution is 0.0732. The molecule has 59 heavy (non-hydrogen) atoms. The first kappa shape index (κ1) is 42.2. The molecule has 4 heterocycles. The molecule has 0 radical (unpaired) electrons. The number of likely N-dealkylation sites (N-methyl/N-ethyl adjacent to an activating group) is 1. The Hall–Kier alpha value is -4.92. The molecule has 3 aliphatic rings. The summed E-state index contributed by atoms with van der Waals surface area (Å²) in [6.45, 7) is 13.3. The number of nitrogens with zero attached hydrogens (tertiary/aromatic N) is 6. The molecule has 15 heteroatoms. The van der Waals surface area contributed by atoms with Gasteiger partial charge in [0.1, 0.15) is 4.90 Å². The summed E-state index contributed by atoms with van der Waals surface area (Å²) in [4.78, 5) is 50.4. The van der Waals surface area contributed by atoms with Crippen molar-refractivity contribution in [3.63, 3.8) is 0 Å². The lowest BCUT2D eigenvalue weighted by Gasteiger charge is -2.31. The fourth-order valence-corrected chi connectivity index (χ4v) is 9.59. The summed E-state index contributed by atoms with van der Waals surface area (Å²) in [6, 6.07) is 16.0. The highest BCUT2D eigenvalue weighted by Crippen LogP contribution is 2.38. The number of sulfonamides is 1. The molecule has 0 unspecified atom stereocenters. The average molecular weight is 844 g/mol. The van der Waals surface area contributed by atoms with E-state index in [1.165, 1.54) is 16.8 Å². The second-order valence-electron chi connectivity index (χ2n) is 15.4. The number of unbranched alkanes of at least 4 members (excludes halogenated alkanes) is 2. The molecular formula is C44H54ClN7O6S. The average Bonchev–Trinajstić information content (AvgIpc) is 3.81. The van der Waals surface area contributed by atoms with Gasteiger partial charge in [-0.25, -0.2) is 17.8 Å². The van der Waals surface area contributed by atoms with Gasteiger partial charge in [-0.1, -0.05) is 62.6 Å². The van der Waals surface area contributed by atoms with Gasteiger partial charge in [0, 0.05) is 63.6 Å². The van der Waals surface area contributed by atoms with Crippen LogP contribution in [0.2, 0.25) is 5.02 Å². The van der Waals surface area contributed by atoms with Gasteiger partial charge in [-0.2, -0.15) is 5.10 Å². The Morgan fingerprint density at radius 2 is 1.54 bits per heavy atom. The molecule has 1 saturated heterocycles. The van der Waals surface area contributed by atoms with E-state index in [2.05, 4.69) is 29.5 Å². The van der Waals surface area contributed by atoms with E-state index in [1.54, 1.807) is 28.9 Å². The highest BCUT2D eigenvalue weighted by Gasteiger charge is 2.33. The summed E-state index contributed by atoms with van der Waals surface area (Å²) in [7, 11) is -4.41. The van der Waals surface area contributed by atoms with E-state index in [1.807, 2.05) is 36.1 Å². The van der Waals surface area contributed by atoms with E-state index < -0.39 is 15.9 Å². The maximum atomic E-state index is 14.7. The van der Waals surface area contributed by atoms with Gasteiger partial charge in [0.25, 0.3) is 27.7 Å². The lowest BCUT2D eigenvalue weighted by atomic mass is 9.98. The number of anilines is 2. The topological polar surface area (TPSA) is 137 Å². The van der Waals surface area contributed by atoms with Gasteiger partial charge in [0.15, 0.2) is 5.69 Å². The first-order valence-electron chi connectivity index (χ1n) is 20.8. The molecule has 4 aromatic rings. The summed E-state index contributed by atoms with van der Waals surface area (Å²) in [6.07, 6.45) is 4.96. The van der Waals surface area contributed by atoms with Gasteiger partial charge in [0.05, 0.1) is 40.9 Å². The zero-order valence-corrected chi connectivity index (χ0v) is 36.0. The predicted molar refractivity (Wildman–Crippen MR) is 230 cm³/mol. The molecule has 3 aromatic carbocycles. The smallest absolute Gasteiger partial charge is 0.275 e. The number of aromatic nitrogens is 2. The van der Waals surface area contributed by atoms with Crippen molar-refractivity contribution in [3.05, 3.63) is 98.8 Å². The molecule has 1 aromatic heterocycles. The second-order valence-corrected chi connectivity index (χ2v) is 17.5. The van der Waals surface area contributed by atoms with Crippen molar-refractivity contribution in [3.8, 4) is 5.69 Å². The number of benzene rings is 3. The summed E-state index contributed by atoms with van der Waals surface area (Å²) in [5.74, 6) is -1.54. The minimum atomic E-state index is -4.41. The van der Waals surface area contributed by atoms with Crippen molar-refractivity contribution in [1.29, 1.82) is 0 Å². The highest BCUT2D eigenvalue weighted by atomic mass is 35.5. The summed E-state index contributed by atoms with van der Waals surface area (Å²) >= 11 is 6.87. The molecule has 1 N–H and O–H groups in total. The Bertz CT molecular complexity index is 2330. The number of carbonyl (C=O) groups is 3. The van der Waals surface area contributed by atoms with Crippen molar-refractivity contribution < 1.29 is 27.5 Å². The van der Waals surface area contributed by atoms with Gasteiger partial charge < -0.3 is 24.3 Å². The van der Waals surface area contributed by atoms with E-state index in [0.29, 0.717) is 82.5 Å². The van der Waals surface area contributed by atoms with Crippen molar-refractivity contribution in [2.24, 2.45) is 0 Å². The van der Waals surface area contributed by atoms with Gasteiger partial charge >= 0.3 is 0 Å². The monoisotopic (exact) mass is 843 g/mol. The SMILES string of the molecule is CCCCN(CCCC)C(=O)c1nn(-c2ccc(C(=O)NS(=O)(=O)c3cc4c(cc3N3CCOCC3)CCN4CC)cc2C(=O)N2CCc3ccccc3C2)c(C)c1Cl. The largest absolute Gasteiger partial charge is 0.378 e. The molecule has 7 rings (SSSR count).